The van der Waals surface area contributed by atoms with Gasteiger partial charge in [-0.1, -0.05) is 23.8 Å². The molecule has 14 nitrogen and oxygen atoms in total. The number of phenolic OH excluding ortho intramolecular Hbond substituents is 1. The van der Waals surface area contributed by atoms with Crippen LogP contribution in [0.2, 0.25) is 0 Å². The summed E-state index contributed by atoms with van der Waals surface area (Å²) in [6, 6.07) is 5.98. The minimum atomic E-state index is -1.74. The Morgan fingerprint density at radius 1 is 1.00 bits per heavy atom. The molecule has 0 amide bonds. The summed E-state index contributed by atoms with van der Waals surface area (Å²) in [7, 11) is 0. The maximum absolute atomic E-state index is 12.8. The minimum absolute atomic E-state index is 0.0416. The van der Waals surface area contributed by atoms with E-state index < -0.39 is 85.7 Å². The van der Waals surface area contributed by atoms with E-state index in [1.54, 1.807) is 25.1 Å². The highest BCUT2D eigenvalue weighted by Crippen LogP contribution is 2.31. The van der Waals surface area contributed by atoms with Crippen LogP contribution in [0.15, 0.2) is 42.0 Å². The zero-order valence-electron chi connectivity index (χ0n) is 25.7. The van der Waals surface area contributed by atoms with Gasteiger partial charge in [0, 0.05) is 6.08 Å². The van der Waals surface area contributed by atoms with E-state index in [1.807, 2.05) is 0 Å². The molecule has 0 aromatic heterocycles. The zero-order valence-corrected chi connectivity index (χ0v) is 25.7. The van der Waals surface area contributed by atoms with Crippen LogP contribution < -0.4 is 0 Å². The van der Waals surface area contributed by atoms with E-state index in [9.17, 15) is 45.6 Å². The van der Waals surface area contributed by atoms with Gasteiger partial charge >= 0.3 is 5.97 Å². The topological polar surface area (TPSA) is 225 Å². The number of carbonyl (C=O) groups is 1. The number of aromatic hydroxyl groups is 1. The van der Waals surface area contributed by atoms with Crippen molar-refractivity contribution in [1.82, 2.24) is 0 Å². The van der Waals surface area contributed by atoms with E-state index in [0.29, 0.717) is 18.4 Å². The second-order valence-corrected chi connectivity index (χ2v) is 11.9. The quantitative estimate of drug-likeness (QED) is 0.0771. The first-order valence-corrected chi connectivity index (χ1v) is 14.8. The lowest BCUT2D eigenvalue weighted by Crippen LogP contribution is -2.65. The summed E-state index contributed by atoms with van der Waals surface area (Å²) >= 11 is 0. The second kappa shape index (κ2) is 16.4. The number of allylic oxidation sites excluding steroid dienone is 1. The normalized spacial score (nSPS) is 33.7. The third-order valence-corrected chi connectivity index (χ3v) is 7.77. The van der Waals surface area contributed by atoms with Gasteiger partial charge in [0.2, 0.25) is 0 Å². The van der Waals surface area contributed by atoms with Gasteiger partial charge in [-0.25, -0.2) is 4.79 Å². The standard InChI is InChI=1S/C31H46O14/c1-16(5-11-21(34)31(3,4)40)13-14-41-29-26(39)28(45-30-25(38)24(37)23(36)17(2)42-30)27(20(15-32)43-29)44-22(35)12-8-18-6-9-19(33)10-7-18/h6-10,12-13,17,20-21,23-30,32-34,36-40H,5,11,14-15H2,1-4H3/b12-8+,16-13+/t17-,20+,21?,23-,24+,25+,26+,27+,28+,29+,30-/m0/s1. The molecule has 2 aliphatic heterocycles. The molecule has 1 aromatic carbocycles. The molecule has 3 rings (SSSR count). The van der Waals surface area contributed by atoms with E-state index in [1.165, 1.54) is 39.0 Å². The Morgan fingerprint density at radius 2 is 1.67 bits per heavy atom. The molecule has 0 radical (unpaired) electrons. The monoisotopic (exact) mass is 642 g/mol. The Kier molecular flexibility index (Phi) is 13.5. The highest BCUT2D eigenvalue weighted by molar-refractivity contribution is 5.87. The highest BCUT2D eigenvalue weighted by Gasteiger charge is 2.52. The van der Waals surface area contributed by atoms with Crippen molar-refractivity contribution in [3.8, 4) is 5.75 Å². The van der Waals surface area contributed by atoms with E-state index in [0.717, 1.165) is 11.6 Å². The fourth-order valence-corrected chi connectivity index (χ4v) is 4.79. The first-order valence-electron chi connectivity index (χ1n) is 14.8. The average Bonchev–Trinajstić information content (AvgIpc) is 2.99. The van der Waals surface area contributed by atoms with E-state index in [4.69, 9.17) is 23.7 Å². The number of aliphatic hydroxyl groups excluding tert-OH is 6. The number of esters is 1. The van der Waals surface area contributed by atoms with Crippen molar-refractivity contribution < 1.29 is 69.3 Å². The maximum atomic E-state index is 12.8. The van der Waals surface area contributed by atoms with Gasteiger partial charge in [0.15, 0.2) is 18.7 Å². The van der Waals surface area contributed by atoms with Crippen molar-refractivity contribution in [3.05, 3.63) is 47.6 Å². The molecule has 2 aliphatic rings. The minimum Gasteiger partial charge on any atom is -0.508 e. The van der Waals surface area contributed by atoms with Gasteiger partial charge in [0.1, 0.15) is 42.4 Å². The van der Waals surface area contributed by atoms with Crippen molar-refractivity contribution in [2.45, 2.75) is 114 Å². The number of phenols is 1. The third-order valence-electron chi connectivity index (χ3n) is 7.77. The van der Waals surface area contributed by atoms with Crippen molar-refractivity contribution in [2.75, 3.05) is 13.2 Å². The smallest absolute Gasteiger partial charge is 0.331 e. The van der Waals surface area contributed by atoms with Gasteiger partial charge in [0.25, 0.3) is 0 Å². The van der Waals surface area contributed by atoms with Crippen LogP contribution in [0.25, 0.3) is 6.08 Å². The Morgan fingerprint density at radius 3 is 2.29 bits per heavy atom. The summed E-state index contributed by atoms with van der Waals surface area (Å²) in [4.78, 5) is 12.8. The SMILES string of the molecule is C/C(=C\CO[C@@H]1O[C@H](CO)[C@@H](OC(=O)/C=C/c2ccc(O)cc2)[C@H](O[C@@H]2O[C@@H](C)[C@H](O)[C@@H](O)[C@H]2O)[C@H]1O)CCC(O)C(C)(C)O. The summed E-state index contributed by atoms with van der Waals surface area (Å²) in [5.74, 6) is -0.851. The molecule has 2 heterocycles. The first kappa shape index (κ1) is 37.0. The summed E-state index contributed by atoms with van der Waals surface area (Å²) < 4.78 is 28.4. The summed E-state index contributed by atoms with van der Waals surface area (Å²) in [6.45, 7) is 5.50. The number of rotatable bonds is 13. The molecule has 2 saturated heterocycles. The molecule has 2 fully saturated rings. The molecule has 45 heavy (non-hydrogen) atoms. The number of hydrogen-bond acceptors (Lipinski definition) is 14. The summed E-state index contributed by atoms with van der Waals surface area (Å²) in [5.41, 5.74) is 0.138. The third kappa shape index (κ3) is 10.3. The summed E-state index contributed by atoms with van der Waals surface area (Å²) in [5, 5.41) is 81.7. The Bertz CT molecular complexity index is 1130. The molecular formula is C31H46O14. The van der Waals surface area contributed by atoms with Gasteiger partial charge in [-0.2, -0.15) is 0 Å². The van der Waals surface area contributed by atoms with Crippen molar-refractivity contribution in [2.24, 2.45) is 0 Å². The van der Waals surface area contributed by atoms with Crippen LogP contribution in [0.5, 0.6) is 5.75 Å². The van der Waals surface area contributed by atoms with Crippen LogP contribution >= 0.6 is 0 Å². The van der Waals surface area contributed by atoms with E-state index in [-0.39, 0.29) is 12.4 Å². The van der Waals surface area contributed by atoms with Crippen molar-refractivity contribution in [1.29, 1.82) is 0 Å². The van der Waals surface area contributed by atoms with Crippen LogP contribution in [-0.4, -0.2) is 133 Å². The Balaban J connectivity index is 1.77. The Labute approximate surface area is 261 Å². The molecule has 1 unspecified atom stereocenters. The number of benzene rings is 1. The van der Waals surface area contributed by atoms with Crippen LogP contribution in [-0.2, 0) is 28.5 Å². The lowest BCUT2D eigenvalue weighted by atomic mass is 9.96. The number of ether oxygens (including phenoxy) is 5. The van der Waals surface area contributed by atoms with Gasteiger partial charge in [0.05, 0.1) is 31.0 Å². The maximum Gasteiger partial charge on any atom is 0.331 e. The van der Waals surface area contributed by atoms with Gasteiger partial charge in [-0.3, -0.25) is 0 Å². The number of aliphatic hydroxyl groups is 7. The van der Waals surface area contributed by atoms with Crippen LogP contribution in [0.4, 0.5) is 0 Å². The van der Waals surface area contributed by atoms with Gasteiger partial charge in [-0.05, 0) is 64.3 Å². The predicted octanol–water partition coefficient (Wildman–Crippen LogP) is -0.517. The lowest BCUT2D eigenvalue weighted by molar-refractivity contribution is -0.356. The van der Waals surface area contributed by atoms with Crippen molar-refractivity contribution in [3.63, 3.8) is 0 Å². The van der Waals surface area contributed by atoms with Gasteiger partial charge in [-0.15, -0.1) is 0 Å². The number of carbonyl (C=O) groups excluding carboxylic acids is 1. The molecule has 0 saturated carbocycles. The fourth-order valence-electron chi connectivity index (χ4n) is 4.79. The molecule has 8 N–H and O–H groups in total. The largest absolute Gasteiger partial charge is 0.508 e. The van der Waals surface area contributed by atoms with E-state index >= 15 is 0 Å². The Hall–Kier alpha value is -2.47. The molecular weight excluding hydrogens is 596 g/mol. The van der Waals surface area contributed by atoms with Gasteiger partial charge < -0.3 is 64.5 Å². The fraction of sp³-hybridized carbons (Fsp3) is 0.645. The molecule has 11 atom stereocenters. The number of hydrogen-bond donors (Lipinski definition) is 8. The summed E-state index contributed by atoms with van der Waals surface area (Å²) in [6.07, 6.45) is -10.6. The first-order chi connectivity index (χ1) is 21.1. The molecule has 0 aliphatic carbocycles. The van der Waals surface area contributed by atoms with Crippen LogP contribution in [0.1, 0.15) is 46.1 Å². The highest BCUT2D eigenvalue weighted by atomic mass is 16.7. The molecule has 1 aromatic rings. The second-order valence-electron chi connectivity index (χ2n) is 11.9. The average molecular weight is 643 g/mol. The van der Waals surface area contributed by atoms with Crippen molar-refractivity contribution >= 4 is 12.0 Å². The van der Waals surface area contributed by atoms with Crippen LogP contribution in [0, 0.1) is 0 Å². The predicted molar refractivity (Wildman–Crippen MR) is 157 cm³/mol. The molecule has 0 spiro atoms. The molecule has 254 valence electrons. The molecule has 14 heteroatoms. The molecule has 0 bridgehead atoms. The lowest BCUT2D eigenvalue weighted by Gasteiger charge is -2.46. The zero-order chi connectivity index (χ0) is 33.5. The van der Waals surface area contributed by atoms with Crippen LogP contribution in [0.3, 0.4) is 0 Å². The van der Waals surface area contributed by atoms with E-state index in [2.05, 4.69) is 0 Å².